The fraction of sp³-hybridized carbons (Fsp3) is 0.320. The lowest BCUT2D eigenvalue weighted by Gasteiger charge is -2.32. The van der Waals surface area contributed by atoms with Crippen LogP contribution in [0.5, 0.6) is 5.75 Å². The lowest BCUT2D eigenvalue weighted by atomic mass is 10.1. The van der Waals surface area contributed by atoms with Crippen LogP contribution in [0.1, 0.15) is 37.8 Å². The molecule has 0 fully saturated rings. The van der Waals surface area contributed by atoms with Crippen molar-refractivity contribution in [2.45, 2.75) is 45.8 Å². The second kappa shape index (κ2) is 9.53. The minimum atomic E-state index is -0.665. The highest BCUT2D eigenvalue weighted by atomic mass is 32.1. The van der Waals surface area contributed by atoms with E-state index in [4.69, 9.17) is 14.5 Å². The Morgan fingerprint density at radius 2 is 2.03 bits per heavy atom. The highest BCUT2D eigenvalue weighted by Crippen LogP contribution is 2.38. The Morgan fingerprint density at radius 3 is 2.78 bits per heavy atom. The molecule has 7 heteroatoms. The number of anilines is 1. The van der Waals surface area contributed by atoms with Crippen LogP contribution >= 0.6 is 11.3 Å². The average molecular weight is 451 g/mol. The van der Waals surface area contributed by atoms with Crippen LogP contribution in [-0.4, -0.2) is 35.6 Å². The largest absolute Gasteiger partial charge is 0.479 e. The summed E-state index contributed by atoms with van der Waals surface area (Å²) in [5, 5.41) is 3.02. The van der Waals surface area contributed by atoms with E-state index in [2.05, 4.69) is 12.1 Å². The zero-order valence-corrected chi connectivity index (χ0v) is 19.2. The summed E-state index contributed by atoms with van der Waals surface area (Å²) in [5.41, 5.74) is 3.46. The number of amides is 1. The molecule has 0 aliphatic carbocycles. The topological polar surface area (TPSA) is 68.7 Å². The van der Waals surface area contributed by atoms with Gasteiger partial charge in [0.15, 0.2) is 6.10 Å². The number of nitrogens with zero attached hydrogens (tertiary/aromatic N) is 2. The second-order valence-corrected chi connectivity index (χ2v) is 8.81. The van der Waals surface area contributed by atoms with E-state index in [1.54, 1.807) is 18.3 Å². The van der Waals surface area contributed by atoms with Crippen molar-refractivity contribution in [3.8, 4) is 17.0 Å². The molecule has 0 saturated heterocycles. The maximum Gasteiger partial charge on any atom is 0.326 e. The Balaban J connectivity index is 1.59. The summed E-state index contributed by atoms with van der Waals surface area (Å²) in [5.74, 6) is -0.132. The Hall–Kier alpha value is -3.19. The molecule has 3 aromatic rings. The Bertz CT molecular complexity index is 1110. The molecule has 0 radical (unpaired) electrons. The van der Waals surface area contributed by atoms with Crippen LogP contribution < -0.4 is 9.64 Å². The second-order valence-electron chi connectivity index (χ2n) is 7.86. The first-order valence-electron chi connectivity index (χ1n) is 10.7. The predicted molar refractivity (Wildman–Crippen MR) is 125 cm³/mol. The molecule has 2 heterocycles. The van der Waals surface area contributed by atoms with Crippen molar-refractivity contribution in [1.82, 2.24) is 4.98 Å². The Morgan fingerprint density at radius 1 is 1.25 bits per heavy atom. The number of rotatable bonds is 7. The van der Waals surface area contributed by atoms with Crippen LogP contribution in [-0.2, 0) is 20.7 Å². The van der Waals surface area contributed by atoms with Crippen molar-refractivity contribution in [3.63, 3.8) is 0 Å². The van der Waals surface area contributed by atoms with Crippen molar-refractivity contribution in [1.29, 1.82) is 0 Å². The van der Waals surface area contributed by atoms with Gasteiger partial charge in [0, 0.05) is 17.4 Å². The fourth-order valence-corrected chi connectivity index (χ4v) is 4.34. The molecule has 4 rings (SSSR count). The highest BCUT2D eigenvalue weighted by Gasteiger charge is 2.33. The third-order valence-electron chi connectivity index (χ3n) is 5.41. The van der Waals surface area contributed by atoms with Gasteiger partial charge in [-0.2, -0.15) is 0 Å². The summed E-state index contributed by atoms with van der Waals surface area (Å²) in [6.45, 7) is 5.32. The van der Waals surface area contributed by atoms with Gasteiger partial charge in [0.25, 0.3) is 5.91 Å². The first-order valence-corrected chi connectivity index (χ1v) is 11.6. The zero-order chi connectivity index (χ0) is 22.7. The minimum Gasteiger partial charge on any atom is -0.479 e. The van der Waals surface area contributed by atoms with Gasteiger partial charge in [-0.25, -0.2) is 4.98 Å². The van der Waals surface area contributed by atoms with E-state index in [0.717, 1.165) is 29.1 Å². The van der Waals surface area contributed by atoms with E-state index in [1.165, 1.54) is 10.5 Å². The van der Waals surface area contributed by atoms with E-state index < -0.39 is 12.1 Å². The summed E-state index contributed by atoms with van der Waals surface area (Å²) in [6, 6.07) is 15.8. The van der Waals surface area contributed by atoms with Gasteiger partial charge in [0.05, 0.1) is 22.5 Å². The number of thiazole rings is 1. The number of hydrogen-bond donors (Lipinski definition) is 0. The van der Waals surface area contributed by atoms with E-state index >= 15 is 0 Å². The third-order valence-corrected chi connectivity index (χ3v) is 6.26. The number of benzene rings is 2. The molecule has 1 aliphatic heterocycles. The molecule has 2 atom stereocenters. The summed E-state index contributed by atoms with van der Waals surface area (Å²) >= 11 is 1.60. The number of hydrogen-bond acceptors (Lipinski definition) is 6. The molecule has 166 valence electrons. The van der Waals surface area contributed by atoms with Crippen molar-refractivity contribution in [2.24, 2.45) is 0 Å². The maximum atomic E-state index is 12.8. The van der Waals surface area contributed by atoms with Crippen LogP contribution in [0.15, 0.2) is 53.9 Å². The van der Waals surface area contributed by atoms with E-state index in [9.17, 15) is 9.59 Å². The van der Waals surface area contributed by atoms with Gasteiger partial charge in [-0.05, 0) is 44.0 Å². The molecular weight excluding hydrogens is 424 g/mol. The number of carbonyl (C=O) groups is 2. The van der Waals surface area contributed by atoms with Gasteiger partial charge in [0.1, 0.15) is 12.3 Å². The smallest absolute Gasteiger partial charge is 0.326 e. The molecule has 2 unspecified atom stereocenters. The summed E-state index contributed by atoms with van der Waals surface area (Å²) in [4.78, 5) is 31.5. The number of carbonyl (C=O) groups excluding carboxylic acids is 2. The molecule has 0 bridgehead atoms. The first kappa shape index (κ1) is 22.0. The van der Waals surface area contributed by atoms with Crippen LogP contribution in [0.25, 0.3) is 11.3 Å². The van der Waals surface area contributed by atoms with Gasteiger partial charge < -0.3 is 9.47 Å². The van der Waals surface area contributed by atoms with Crippen molar-refractivity contribution in [3.05, 3.63) is 64.5 Å². The monoisotopic (exact) mass is 450 g/mol. The summed E-state index contributed by atoms with van der Waals surface area (Å²) < 4.78 is 11.2. The van der Waals surface area contributed by atoms with Crippen LogP contribution in [0.2, 0.25) is 0 Å². The van der Waals surface area contributed by atoms with Gasteiger partial charge in [-0.15, -0.1) is 11.3 Å². The van der Waals surface area contributed by atoms with Crippen LogP contribution in [0.3, 0.4) is 0 Å². The molecule has 0 N–H and O–H groups in total. The molecule has 0 spiro atoms. The van der Waals surface area contributed by atoms with E-state index in [0.29, 0.717) is 11.4 Å². The van der Waals surface area contributed by atoms with Crippen LogP contribution in [0.4, 0.5) is 5.69 Å². The predicted octanol–water partition coefficient (Wildman–Crippen LogP) is 4.86. The maximum absolute atomic E-state index is 12.8. The number of aromatic nitrogens is 1. The Labute approximate surface area is 191 Å². The lowest BCUT2D eigenvalue weighted by molar-refractivity contribution is -0.147. The lowest BCUT2D eigenvalue weighted by Crippen LogP contribution is -2.47. The number of esters is 1. The van der Waals surface area contributed by atoms with Gasteiger partial charge in [0.2, 0.25) is 0 Å². The SMILES string of the molecule is CCC(C)OC(=O)CN1C(=O)C(C)Oc2ccc(-c3csc(Cc4ccccc4)n3)cc21. The molecule has 2 aromatic carbocycles. The van der Waals surface area contributed by atoms with Gasteiger partial charge >= 0.3 is 5.97 Å². The van der Waals surface area contributed by atoms with Crippen molar-refractivity contribution >= 4 is 28.9 Å². The van der Waals surface area contributed by atoms with Crippen molar-refractivity contribution in [2.75, 3.05) is 11.4 Å². The summed E-state index contributed by atoms with van der Waals surface area (Å²) in [6.07, 6.45) is 0.625. The van der Waals surface area contributed by atoms with Crippen molar-refractivity contribution < 1.29 is 19.1 Å². The zero-order valence-electron chi connectivity index (χ0n) is 18.4. The van der Waals surface area contributed by atoms with E-state index in [1.807, 2.05) is 55.6 Å². The average Bonchev–Trinajstić information content (AvgIpc) is 3.25. The molecule has 0 saturated carbocycles. The minimum absolute atomic E-state index is 0.149. The molecule has 1 amide bonds. The fourth-order valence-electron chi connectivity index (χ4n) is 3.50. The molecular formula is C25H26N2O4S. The normalized spacial score (nSPS) is 16.3. The first-order chi connectivity index (χ1) is 15.4. The quantitative estimate of drug-likeness (QED) is 0.481. The molecule has 1 aromatic heterocycles. The third kappa shape index (κ3) is 4.83. The van der Waals surface area contributed by atoms with E-state index in [-0.39, 0.29) is 18.6 Å². The van der Waals surface area contributed by atoms with Gasteiger partial charge in [-0.1, -0.05) is 37.3 Å². The van der Waals surface area contributed by atoms with Crippen LogP contribution in [0, 0.1) is 0 Å². The molecule has 6 nitrogen and oxygen atoms in total. The highest BCUT2D eigenvalue weighted by molar-refractivity contribution is 7.10. The molecule has 32 heavy (non-hydrogen) atoms. The standard InChI is InChI=1S/C25H26N2O4S/c1-4-16(2)30-24(28)14-27-21-13-19(10-11-22(21)31-17(3)25(27)29)20-15-32-23(26-20)12-18-8-6-5-7-9-18/h5-11,13,15-17H,4,12,14H2,1-3H3. The molecule has 1 aliphatic rings. The number of ether oxygens (including phenoxy) is 2. The van der Waals surface area contributed by atoms with Gasteiger partial charge in [-0.3, -0.25) is 14.5 Å². The number of fused-ring (bicyclic) bond motifs is 1. The Kier molecular flexibility index (Phi) is 6.55. The summed E-state index contributed by atoms with van der Waals surface area (Å²) in [7, 11) is 0.